The SMILES string of the molecule is O=C(c1ccc(-n2cnc3ccccc32)cc1)N1CCCS1(=O)=O. The first-order valence-electron chi connectivity index (χ1n) is 7.63. The predicted molar refractivity (Wildman–Crippen MR) is 90.5 cm³/mol. The molecule has 3 aromatic rings. The van der Waals surface area contributed by atoms with Crippen molar-refractivity contribution in [3.05, 3.63) is 60.4 Å². The molecule has 2 aromatic carbocycles. The van der Waals surface area contributed by atoms with Crippen LogP contribution in [0.4, 0.5) is 0 Å². The second-order valence-electron chi connectivity index (χ2n) is 5.70. The third kappa shape index (κ3) is 2.37. The van der Waals surface area contributed by atoms with Gasteiger partial charge < -0.3 is 0 Å². The van der Waals surface area contributed by atoms with Gasteiger partial charge in [-0.2, -0.15) is 0 Å². The Bertz CT molecular complexity index is 1020. The van der Waals surface area contributed by atoms with Gasteiger partial charge in [0.1, 0.15) is 6.33 Å². The number of benzene rings is 2. The number of hydrogen-bond acceptors (Lipinski definition) is 4. The van der Waals surface area contributed by atoms with E-state index in [0.717, 1.165) is 21.0 Å². The van der Waals surface area contributed by atoms with Gasteiger partial charge in [0.05, 0.1) is 16.8 Å². The summed E-state index contributed by atoms with van der Waals surface area (Å²) in [4.78, 5) is 16.7. The molecule has 24 heavy (non-hydrogen) atoms. The zero-order valence-electron chi connectivity index (χ0n) is 12.8. The van der Waals surface area contributed by atoms with Crippen molar-refractivity contribution in [2.75, 3.05) is 12.3 Å². The van der Waals surface area contributed by atoms with Gasteiger partial charge in [0.2, 0.25) is 10.0 Å². The van der Waals surface area contributed by atoms with Gasteiger partial charge in [-0.15, -0.1) is 0 Å². The Labute approximate surface area is 139 Å². The van der Waals surface area contributed by atoms with Crippen LogP contribution in [0.15, 0.2) is 54.9 Å². The average Bonchev–Trinajstić information content (AvgIpc) is 3.17. The number of carbonyl (C=O) groups is 1. The number of sulfonamides is 1. The lowest BCUT2D eigenvalue weighted by Crippen LogP contribution is -2.32. The van der Waals surface area contributed by atoms with Crippen molar-refractivity contribution in [3.63, 3.8) is 0 Å². The number of para-hydroxylation sites is 2. The van der Waals surface area contributed by atoms with E-state index in [4.69, 9.17) is 0 Å². The van der Waals surface area contributed by atoms with E-state index < -0.39 is 15.9 Å². The second-order valence-corrected chi connectivity index (χ2v) is 7.71. The zero-order valence-corrected chi connectivity index (χ0v) is 13.6. The van der Waals surface area contributed by atoms with E-state index in [2.05, 4.69) is 4.98 Å². The Morgan fingerprint density at radius 1 is 1.04 bits per heavy atom. The standard InChI is InChI=1S/C17H15N3O3S/c21-17(20-10-3-11-24(20,22)23)13-6-8-14(9-7-13)19-12-18-15-4-1-2-5-16(15)19/h1-2,4-9,12H,3,10-11H2. The summed E-state index contributed by atoms with van der Waals surface area (Å²) in [5.41, 5.74) is 3.10. The van der Waals surface area contributed by atoms with Crippen LogP contribution in [0.3, 0.4) is 0 Å². The zero-order chi connectivity index (χ0) is 16.7. The number of rotatable bonds is 2. The molecule has 0 N–H and O–H groups in total. The van der Waals surface area contributed by atoms with Gasteiger partial charge >= 0.3 is 0 Å². The summed E-state index contributed by atoms with van der Waals surface area (Å²) in [6.07, 6.45) is 2.22. The smallest absolute Gasteiger partial charge is 0.267 e. The van der Waals surface area contributed by atoms with Crippen LogP contribution in [-0.2, 0) is 10.0 Å². The lowest BCUT2D eigenvalue weighted by Gasteiger charge is -2.15. The second kappa shape index (κ2) is 5.45. The maximum Gasteiger partial charge on any atom is 0.267 e. The van der Waals surface area contributed by atoms with E-state index in [1.165, 1.54) is 0 Å². The number of nitrogens with zero attached hydrogens (tertiary/aromatic N) is 3. The molecule has 1 aromatic heterocycles. The molecule has 1 aliphatic heterocycles. The van der Waals surface area contributed by atoms with Crippen molar-refractivity contribution in [2.24, 2.45) is 0 Å². The van der Waals surface area contributed by atoms with Crippen molar-refractivity contribution in [2.45, 2.75) is 6.42 Å². The molecule has 1 amide bonds. The van der Waals surface area contributed by atoms with E-state index in [1.807, 2.05) is 28.8 Å². The van der Waals surface area contributed by atoms with Crippen LogP contribution < -0.4 is 0 Å². The number of hydrogen-bond donors (Lipinski definition) is 0. The van der Waals surface area contributed by atoms with Gasteiger partial charge in [-0.05, 0) is 42.8 Å². The molecule has 1 fully saturated rings. The molecule has 2 heterocycles. The minimum atomic E-state index is -3.45. The predicted octanol–water partition coefficient (Wildman–Crippen LogP) is 2.20. The van der Waals surface area contributed by atoms with Crippen LogP contribution in [0.1, 0.15) is 16.8 Å². The van der Waals surface area contributed by atoms with Crippen LogP contribution >= 0.6 is 0 Å². The Hall–Kier alpha value is -2.67. The molecule has 1 aliphatic rings. The molecule has 0 radical (unpaired) electrons. The number of aromatic nitrogens is 2. The van der Waals surface area contributed by atoms with Gasteiger partial charge in [0.25, 0.3) is 5.91 Å². The molecule has 4 rings (SSSR count). The first kappa shape index (κ1) is 14.9. The van der Waals surface area contributed by atoms with Crippen molar-refractivity contribution in [1.82, 2.24) is 13.9 Å². The molecule has 0 spiro atoms. The van der Waals surface area contributed by atoms with E-state index in [1.54, 1.807) is 30.6 Å². The molecule has 0 aliphatic carbocycles. The molecular formula is C17H15N3O3S. The van der Waals surface area contributed by atoms with Crippen LogP contribution in [-0.4, -0.2) is 40.5 Å². The Balaban J connectivity index is 1.67. The molecule has 122 valence electrons. The van der Waals surface area contributed by atoms with Gasteiger partial charge in [-0.3, -0.25) is 9.36 Å². The fourth-order valence-electron chi connectivity index (χ4n) is 2.94. The van der Waals surface area contributed by atoms with Gasteiger partial charge in [-0.1, -0.05) is 12.1 Å². The minimum absolute atomic E-state index is 0.0395. The quantitative estimate of drug-likeness (QED) is 0.716. The molecular weight excluding hydrogens is 326 g/mol. The molecule has 0 atom stereocenters. The monoisotopic (exact) mass is 341 g/mol. The molecule has 7 heteroatoms. The van der Waals surface area contributed by atoms with Crippen LogP contribution in [0.25, 0.3) is 16.7 Å². The van der Waals surface area contributed by atoms with Gasteiger partial charge in [-0.25, -0.2) is 17.7 Å². The Morgan fingerprint density at radius 2 is 1.79 bits per heavy atom. The maximum atomic E-state index is 12.4. The molecule has 0 bridgehead atoms. The first-order chi connectivity index (χ1) is 11.6. The number of carbonyl (C=O) groups excluding carboxylic acids is 1. The molecule has 1 saturated heterocycles. The summed E-state index contributed by atoms with van der Waals surface area (Å²) in [5, 5.41) is 0. The van der Waals surface area contributed by atoms with Crippen molar-refractivity contribution < 1.29 is 13.2 Å². The summed E-state index contributed by atoms with van der Waals surface area (Å²) >= 11 is 0. The van der Waals surface area contributed by atoms with E-state index >= 15 is 0 Å². The number of imidazole rings is 1. The topological polar surface area (TPSA) is 72.3 Å². The summed E-state index contributed by atoms with van der Waals surface area (Å²) in [6.45, 7) is 0.259. The van der Waals surface area contributed by atoms with Crippen LogP contribution in [0, 0.1) is 0 Å². The highest BCUT2D eigenvalue weighted by molar-refractivity contribution is 7.89. The largest absolute Gasteiger partial charge is 0.299 e. The van der Waals surface area contributed by atoms with Crippen molar-refractivity contribution in [3.8, 4) is 5.69 Å². The summed E-state index contributed by atoms with van der Waals surface area (Å²) in [7, 11) is -3.45. The van der Waals surface area contributed by atoms with Crippen molar-refractivity contribution >= 4 is 27.0 Å². The van der Waals surface area contributed by atoms with Gasteiger partial charge in [0.15, 0.2) is 0 Å². The van der Waals surface area contributed by atoms with Crippen LogP contribution in [0.2, 0.25) is 0 Å². The Kier molecular flexibility index (Phi) is 3.38. The van der Waals surface area contributed by atoms with E-state index in [9.17, 15) is 13.2 Å². The third-order valence-electron chi connectivity index (χ3n) is 4.17. The lowest BCUT2D eigenvalue weighted by atomic mass is 10.2. The fourth-order valence-corrected chi connectivity index (χ4v) is 4.42. The highest BCUT2D eigenvalue weighted by atomic mass is 32.2. The lowest BCUT2D eigenvalue weighted by molar-refractivity contribution is 0.0870. The maximum absolute atomic E-state index is 12.4. The molecule has 0 unspecified atom stereocenters. The summed E-state index contributed by atoms with van der Waals surface area (Å²) in [6, 6.07) is 14.7. The Morgan fingerprint density at radius 3 is 2.50 bits per heavy atom. The van der Waals surface area contributed by atoms with Gasteiger partial charge in [0, 0.05) is 17.8 Å². The average molecular weight is 341 g/mol. The summed E-state index contributed by atoms with van der Waals surface area (Å²) < 4.78 is 26.6. The number of fused-ring (bicyclic) bond motifs is 1. The minimum Gasteiger partial charge on any atom is -0.299 e. The normalized spacial score (nSPS) is 16.6. The molecule has 0 saturated carbocycles. The van der Waals surface area contributed by atoms with Crippen LogP contribution in [0.5, 0.6) is 0 Å². The highest BCUT2D eigenvalue weighted by Crippen LogP contribution is 2.21. The number of amides is 1. The first-order valence-corrected chi connectivity index (χ1v) is 9.24. The molecule has 6 nitrogen and oxygen atoms in total. The fraction of sp³-hybridized carbons (Fsp3) is 0.176. The van der Waals surface area contributed by atoms with E-state index in [0.29, 0.717) is 12.0 Å². The van der Waals surface area contributed by atoms with E-state index in [-0.39, 0.29) is 12.3 Å². The third-order valence-corrected chi connectivity index (χ3v) is 6.00. The summed E-state index contributed by atoms with van der Waals surface area (Å²) in [5.74, 6) is -0.424. The highest BCUT2D eigenvalue weighted by Gasteiger charge is 2.33. The van der Waals surface area contributed by atoms with Crippen molar-refractivity contribution in [1.29, 1.82) is 0 Å².